The van der Waals surface area contributed by atoms with E-state index in [4.69, 9.17) is 9.47 Å². The monoisotopic (exact) mass is 497 g/mol. The van der Waals surface area contributed by atoms with Gasteiger partial charge in [-0.1, -0.05) is 45.3 Å². The van der Waals surface area contributed by atoms with E-state index in [9.17, 15) is 4.79 Å². The van der Waals surface area contributed by atoms with E-state index >= 15 is 0 Å². The molecular formula is C23H24BrN5O3. The summed E-state index contributed by atoms with van der Waals surface area (Å²) < 4.78 is 14.2. The molecule has 32 heavy (non-hydrogen) atoms. The van der Waals surface area contributed by atoms with Gasteiger partial charge in [0.15, 0.2) is 0 Å². The number of hydrogen-bond acceptors (Lipinski definition) is 7. The minimum atomic E-state index is -0.614. The Morgan fingerprint density at radius 1 is 1.22 bits per heavy atom. The number of carbonyl (C=O) groups is 1. The Hall–Kier alpha value is -3.20. The third-order valence-corrected chi connectivity index (χ3v) is 5.68. The van der Waals surface area contributed by atoms with Crippen molar-refractivity contribution in [3.8, 4) is 5.75 Å². The van der Waals surface area contributed by atoms with Crippen LogP contribution >= 0.6 is 15.9 Å². The van der Waals surface area contributed by atoms with Crippen LogP contribution in [0.4, 0.5) is 5.95 Å². The minimum Gasteiger partial charge on any atom is -0.489 e. The van der Waals surface area contributed by atoms with Crippen LogP contribution in [0.2, 0.25) is 0 Å². The third kappa shape index (κ3) is 4.38. The van der Waals surface area contributed by atoms with Crippen LogP contribution in [-0.4, -0.2) is 32.3 Å². The van der Waals surface area contributed by atoms with Gasteiger partial charge in [-0.05, 0) is 67.4 Å². The van der Waals surface area contributed by atoms with Gasteiger partial charge in [0.25, 0.3) is 0 Å². The van der Waals surface area contributed by atoms with Crippen molar-refractivity contribution in [2.45, 2.75) is 46.4 Å². The SMILES string of the molecule is CC1=C(C(=O)OC(C)C)C(c2cc(Br)ccc2OCc2ccccc2C)n2nnnc2N1. The maximum Gasteiger partial charge on any atom is 0.338 e. The molecule has 0 saturated heterocycles. The van der Waals surface area contributed by atoms with Crippen molar-refractivity contribution in [2.24, 2.45) is 0 Å². The number of fused-ring (bicyclic) bond motifs is 1. The number of nitrogens with one attached hydrogen (secondary N) is 1. The molecule has 1 unspecified atom stereocenters. The first kappa shape index (κ1) is 22.0. The van der Waals surface area contributed by atoms with Crippen LogP contribution in [0, 0.1) is 6.92 Å². The van der Waals surface area contributed by atoms with E-state index in [0.29, 0.717) is 29.6 Å². The molecule has 1 aromatic heterocycles. The summed E-state index contributed by atoms with van der Waals surface area (Å²) in [6, 6.07) is 13.2. The summed E-state index contributed by atoms with van der Waals surface area (Å²) >= 11 is 3.55. The number of halogens is 1. The van der Waals surface area contributed by atoms with E-state index in [-0.39, 0.29) is 6.10 Å². The second kappa shape index (κ2) is 9.12. The molecule has 1 N–H and O–H groups in total. The van der Waals surface area contributed by atoms with Crippen LogP contribution in [0.15, 0.2) is 58.2 Å². The fourth-order valence-electron chi connectivity index (χ4n) is 3.63. The van der Waals surface area contributed by atoms with Gasteiger partial charge in [0.1, 0.15) is 18.4 Å². The number of aromatic nitrogens is 4. The lowest BCUT2D eigenvalue weighted by atomic mass is 9.95. The van der Waals surface area contributed by atoms with E-state index in [1.165, 1.54) is 0 Å². The molecule has 9 heteroatoms. The number of nitrogens with zero attached hydrogens (tertiary/aromatic N) is 4. The van der Waals surface area contributed by atoms with Crippen LogP contribution in [0.25, 0.3) is 0 Å². The topological polar surface area (TPSA) is 91.2 Å². The number of allylic oxidation sites excluding steroid dienone is 1. The first-order chi connectivity index (χ1) is 15.3. The summed E-state index contributed by atoms with van der Waals surface area (Å²) in [6.07, 6.45) is -0.266. The van der Waals surface area contributed by atoms with Gasteiger partial charge in [-0.15, -0.1) is 0 Å². The first-order valence-electron chi connectivity index (χ1n) is 10.3. The first-order valence-corrected chi connectivity index (χ1v) is 11.1. The second-order valence-electron chi connectivity index (χ2n) is 7.86. The molecule has 1 aliphatic heterocycles. The van der Waals surface area contributed by atoms with E-state index in [0.717, 1.165) is 21.2 Å². The fraction of sp³-hybridized carbons (Fsp3) is 0.304. The maximum absolute atomic E-state index is 13.1. The van der Waals surface area contributed by atoms with E-state index < -0.39 is 12.0 Å². The van der Waals surface area contributed by atoms with Crippen LogP contribution in [0.5, 0.6) is 5.75 Å². The number of rotatable bonds is 6. The van der Waals surface area contributed by atoms with Crippen molar-refractivity contribution in [1.82, 2.24) is 20.2 Å². The molecule has 0 spiro atoms. The van der Waals surface area contributed by atoms with Crippen molar-refractivity contribution in [3.05, 3.63) is 74.9 Å². The molecule has 0 aliphatic carbocycles. The zero-order valence-electron chi connectivity index (χ0n) is 18.3. The molecule has 1 aliphatic rings. The highest BCUT2D eigenvalue weighted by Crippen LogP contribution is 2.40. The van der Waals surface area contributed by atoms with Crippen LogP contribution < -0.4 is 10.1 Å². The lowest BCUT2D eigenvalue weighted by molar-refractivity contribution is -0.143. The Bertz CT molecular complexity index is 1190. The average molecular weight is 498 g/mol. The number of aryl methyl sites for hydroxylation is 1. The van der Waals surface area contributed by atoms with Crippen molar-refractivity contribution >= 4 is 27.8 Å². The van der Waals surface area contributed by atoms with Crippen molar-refractivity contribution in [2.75, 3.05) is 5.32 Å². The summed E-state index contributed by atoms with van der Waals surface area (Å²) in [7, 11) is 0. The zero-order chi connectivity index (χ0) is 22.8. The molecule has 1 atom stereocenters. The molecule has 4 rings (SSSR count). The van der Waals surface area contributed by atoms with Crippen molar-refractivity contribution in [3.63, 3.8) is 0 Å². The molecular weight excluding hydrogens is 474 g/mol. The highest BCUT2D eigenvalue weighted by Gasteiger charge is 2.37. The standard InChI is InChI=1S/C23H24BrN5O3/c1-13(2)32-22(30)20-15(4)25-23-26-27-28-29(23)21(20)18-11-17(24)9-10-19(18)31-12-16-8-6-5-7-14(16)3/h5-11,13,21H,12H2,1-4H3,(H,25,26,28). The third-order valence-electron chi connectivity index (χ3n) is 5.19. The van der Waals surface area contributed by atoms with Crippen LogP contribution in [0.1, 0.15) is 43.5 Å². The summed E-state index contributed by atoms with van der Waals surface area (Å²) in [4.78, 5) is 13.1. The molecule has 2 aromatic carbocycles. The van der Waals surface area contributed by atoms with Gasteiger partial charge in [-0.2, -0.15) is 4.68 Å². The molecule has 2 heterocycles. The number of ether oxygens (including phenoxy) is 2. The van der Waals surface area contributed by atoms with Crippen LogP contribution in [0.3, 0.4) is 0 Å². The van der Waals surface area contributed by atoms with Crippen molar-refractivity contribution < 1.29 is 14.3 Å². The van der Waals surface area contributed by atoms with Gasteiger partial charge in [0.2, 0.25) is 5.95 Å². The molecule has 0 bridgehead atoms. The average Bonchev–Trinajstić information content (AvgIpc) is 3.20. The molecule has 166 valence electrons. The largest absolute Gasteiger partial charge is 0.489 e. The molecule has 0 saturated carbocycles. The number of anilines is 1. The number of esters is 1. The van der Waals surface area contributed by atoms with E-state index in [1.807, 2.05) is 70.2 Å². The zero-order valence-corrected chi connectivity index (χ0v) is 19.9. The lowest BCUT2D eigenvalue weighted by Crippen LogP contribution is -2.31. The highest BCUT2D eigenvalue weighted by molar-refractivity contribution is 9.10. The Balaban J connectivity index is 1.78. The van der Waals surface area contributed by atoms with Gasteiger partial charge >= 0.3 is 5.97 Å². The maximum atomic E-state index is 13.1. The predicted molar refractivity (Wildman–Crippen MR) is 123 cm³/mol. The number of hydrogen-bond donors (Lipinski definition) is 1. The number of tetrazole rings is 1. The molecule has 0 amide bonds. The Kier molecular flexibility index (Phi) is 6.27. The lowest BCUT2D eigenvalue weighted by Gasteiger charge is -2.29. The van der Waals surface area contributed by atoms with Gasteiger partial charge < -0.3 is 14.8 Å². The Labute approximate surface area is 194 Å². The van der Waals surface area contributed by atoms with Gasteiger partial charge in [-0.25, -0.2) is 4.79 Å². The fourth-order valence-corrected chi connectivity index (χ4v) is 4.01. The normalized spacial score (nSPS) is 15.4. The van der Waals surface area contributed by atoms with E-state index in [2.05, 4.69) is 36.8 Å². The molecule has 0 fully saturated rings. The van der Waals surface area contributed by atoms with Gasteiger partial charge in [-0.3, -0.25) is 0 Å². The van der Waals surface area contributed by atoms with Crippen LogP contribution in [-0.2, 0) is 16.1 Å². The number of carbonyl (C=O) groups excluding carboxylic acids is 1. The minimum absolute atomic E-state index is 0.266. The van der Waals surface area contributed by atoms with Gasteiger partial charge in [0, 0.05) is 15.7 Å². The Morgan fingerprint density at radius 2 is 2.00 bits per heavy atom. The number of benzene rings is 2. The smallest absolute Gasteiger partial charge is 0.338 e. The molecule has 3 aromatic rings. The molecule has 8 nitrogen and oxygen atoms in total. The Morgan fingerprint density at radius 3 is 2.75 bits per heavy atom. The van der Waals surface area contributed by atoms with E-state index in [1.54, 1.807) is 4.68 Å². The second-order valence-corrected chi connectivity index (χ2v) is 8.78. The summed E-state index contributed by atoms with van der Waals surface area (Å²) in [5, 5.41) is 15.1. The predicted octanol–water partition coefficient (Wildman–Crippen LogP) is 4.56. The quantitative estimate of drug-likeness (QED) is 0.498. The van der Waals surface area contributed by atoms with Crippen molar-refractivity contribution in [1.29, 1.82) is 0 Å². The summed E-state index contributed by atoms with van der Waals surface area (Å²) in [5.74, 6) is 0.645. The summed E-state index contributed by atoms with van der Waals surface area (Å²) in [6.45, 7) is 7.89. The summed E-state index contributed by atoms with van der Waals surface area (Å²) in [5.41, 5.74) is 4.04. The highest BCUT2D eigenvalue weighted by atomic mass is 79.9. The van der Waals surface area contributed by atoms with Gasteiger partial charge in [0.05, 0.1) is 11.7 Å². The molecule has 0 radical (unpaired) electrons.